The number of nitrogens with zero attached hydrogens (tertiary/aromatic N) is 4. The van der Waals surface area contributed by atoms with E-state index in [1.807, 2.05) is 59.1 Å². The van der Waals surface area contributed by atoms with Crippen LogP contribution < -0.4 is 25.5 Å². The molecule has 1 unspecified atom stereocenters. The molecule has 0 bridgehead atoms. The molecule has 0 amide bonds. The van der Waals surface area contributed by atoms with E-state index >= 15 is 4.39 Å². The summed E-state index contributed by atoms with van der Waals surface area (Å²) in [5.41, 5.74) is 4.89. The monoisotopic (exact) mass is 957 g/mol. The molecular formula is C51H31FN4OPtSi. The summed E-state index contributed by atoms with van der Waals surface area (Å²) in [6.45, 7) is 0. The molecule has 4 aromatic heterocycles. The molecule has 7 aromatic carbocycles. The Morgan fingerprint density at radius 3 is 2.08 bits per heavy atom. The number of para-hydroxylation sites is 2. The minimum absolute atomic E-state index is 0. The molecule has 282 valence electrons. The Labute approximate surface area is 354 Å². The number of fused-ring (bicyclic) bond motifs is 12. The van der Waals surface area contributed by atoms with E-state index in [1.165, 1.54) is 15.6 Å². The Kier molecular flexibility index (Phi) is 8.26. The minimum atomic E-state index is -2.93. The number of imidazole rings is 1. The van der Waals surface area contributed by atoms with Gasteiger partial charge in [-0.2, -0.15) is 18.2 Å². The van der Waals surface area contributed by atoms with Crippen molar-refractivity contribution < 1.29 is 30.2 Å². The summed E-state index contributed by atoms with van der Waals surface area (Å²) in [5, 5.41) is 9.66. The molecule has 0 N–H and O–H groups in total. The zero-order valence-electron chi connectivity index (χ0n) is 31.3. The topological polar surface area (TPSA) is 44.4 Å². The summed E-state index contributed by atoms with van der Waals surface area (Å²) in [6, 6.07) is 63.3. The molecule has 0 saturated heterocycles. The summed E-state index contributed by atoms with van der Waals surface area (Å²) in [4.78, 5) is 9.60. The van der Waals surface area contributed by atoms with Gasteiger partial charge in [0, 0.05) is 34.9 Å². The van der Waals surface area contributed by atoms with Crippen LogP contribution in [0.15, 0.2) is 182 Å². The number of alkyl halides is 1. The first-order valence-electron chi connectivity index (χ1n) is 19.4. The van der Waals surface area contributed by atoms with E-state index in [9.17, 15) is 0 Å². The molecule has 59 heavy (non-hydrogen) atoms. The van der Waals surface area contributed by atoms with Crippen molar-refractivity contribution in [1.29, 1.82) is 0 Å². The number of rotatable bonds is 5. The van der Waals surface area contributed by atoms with E-state index in [1.54, 1.807) is 18.5 Å². The van der Waals surface area contributed by atoms with Crippen LogP contribution in [0, 0.1) is 12.1 Å². The van der Waals surface area contributed by atoms with Gasteiger partial charge in [0.1, 0.15) is 17.6 Å². The summed E-state index contributed by atoms with van der Waals surface area (Å²) in [5.74, 6) is 1.61. The molecule has 11 aromatic rings. The molecule has 0 spiro atoms. The van der Waals surface area contributed by atoms with E-state index in [2.05, 4.69) is 131 Å². The second kappa shape index (κ2) is 13.7. The van der Waals surface area contributed by atoms with E-state index in [0.717, 1.165) is 65.9 Å². The second-order valence-electron chi connectivity index (χ2n) is 14.8. The smallest absolute Gasteiger partial charge is 0.455 e. The van der Waals surface area contributed by atoms with Gasteiger partial charge in [0.25, 0.3) is 0 Å². The molecule has 1 atom stereocenters. The predicted octanol–water partition coefficient (Wildman–Crippen LogP) is 9.27. The third-order valence-corrected chi connectivity index (χ3v) is 16.7. The van der Waals surface area contributed by atoms with Gasteiger partial charge in [0.15, 0.2) is 13.8 Å². The van der Waals surface area contributed by atoms with Crippen LogP contribution in [0.3, 0.4) is 0 Å². The molecule has 0 saturated carbocycles. The standard InChI is InChI=1S/C51H31FN4OSi.Pt/c52-47(34-24-25-38-39-19-7-8-21-43(39)55-30-29-54-50(55)42(38)32-34)33-13-11-14-35(31-33)56-48-40(41-20-12-28-53-51(41)56)26-27-46-49(48)57-44-22-9-10-23-45(44)58(46,36-15-3-1-4-16-36)37-17-5-2-6-18-37;/h1-30,47H;/q-2;+2. The van der Waals surface area contributed by atoms with Crippen molar-refractivity contribution in [3.05, 3.63) is 206 Å². The Bertz CT molecular complexity index is 3380. The van der Waals surface area contributed by atoms with Crippen molar-refractivity contribution >= 4 is 78.1 Å². The molecule has 0 radical (unpaired) electrons. The van der Waals surface area contributed by atoms with Gasteiger partial charge >= 0.3 is 21.1 Å². The maximum Gasteiger partial charge on any atom is 2.00 e. The van der Waals surface area contributed by atoms with E-state index in [0.29, 0.717) is 16.8 Å². The molecule has 5 heterocycles. The third-order valence-electron chi connectivity index (χ3n) is 11.8. The molecule has 5 nitrogen and oxygen atoms in total. The van der Waals surface area contributed by atoms with E-state index in [4.69, 9.17) is 9.72 Å². The third kappa shape index (κ3) is 5.11. The van der Waals surface area contributed by atoms with Crippen molar-refractivity contribution in [2.45, 2.75) is 6.17 Å². The van der Waals surface area contributed by atoms with Gasteiger partial charge in [0.2, 0.25) is 0 Å². The summed E-state index contributed by atoms with van der Waals surface area (Å²) < 4.78 is 28.3. The van der Waals surface area contributed by atoms with Crippen LogP contribution in [0.4, 0.5) is 4.39 Å². The van der Waals surface area contributed by atoms with Crippen LogP contribution in [-0.4, -0.2) is 27.0 Å². The molecule has 0 aliphatic carbocycles. The summed E-state index contributed by atoms with van der Waals surface area (Å²) in [7, 11) is -2.93. The van der Waals surface area contributed by atoms with Crippen LogP contribution in [-0.2, 0) is 21.1 Å². The fraction of sp³-hybridized carbons (Fsp3) is 0.0196. The van der Waals surface area contributed by atoms with Gasteiger partial charge in [0.05, 0.1) is 11.2 Å². The number of hydrogen-bond donors (Lipinski definition) is 0. The number of halogens is 1. The fourth-order valence-electron chi connectivity index (χ4n) is 9.39. The molecule has 8 heteroatoms. The second-order valence-corrected chi connectivity index (χ2v) is 18.6. The predicted molar refractivity (Wildman–Crippen MR) is 233 cm³/mol. The van der Waals surface area contributed by atoms with Gasteiger partial charge in [-0.25, -0.2) is 9.37 Å². The Balaban J connectivity index is 0.00000397. The van der Waals surface area contributed by atoms with Gasteiger partial charge in [-0.05, 0) is 50.4 Å². The number of ether oxygens (including phenoxy) is 1. The summed E-state index contributed by atoms with van der Waals surface area (Å²) in [6.07, 6.45) is 4.02. The minimum Gasteiger partial charge on any atom is -0.455 e. The van der Waals surface area contributed by atoms with Gasteiger partial charge in [-0.3, -0.25) is 4.98 Å². The molecule has 1 aliphatic heterocycles. The van der Waals surface area contributed by atoms with Crippen LogP contribution in [0.25, 0.3) is 54.9 Å². The number of pyridine rings is 2. The Morgan fingerprint density at radius 1 is 0.559 bits per heavy atom. The number of aromatic nitrogens is 4. The first-order valence-corrected chi connectivity index (χ1v) is 21.4. The molecule has 12 rings (SSSR count). The van der Waals surface area contributed by atoms with Crippen molar-refractivity contribution in [2.24, 2.45) is 0 Å². The van der Waals surface area contributed by atoms with Crippen LogP contribution >= 0.6 is 0 Å². The van der Waals surface area contributed by atoms with Gasteiger partial charge < -0.3 is 13.7 Å². The van der Waals surface area contributed by atoms with Crippen molar-refractivity contribution in [2.75, 3.05) is 0 Å². The van der Waals surface area contributed by atoms with Crippen molar-refractivity contribution in [1.82, 2.24) is 18.9 Å². The fourth-order valence-corrected chi connectivity index (χ4v) is 14.3. The van der Waals surface area contributed by atoms with E-state index in [-0.39, 0.29) is 21.1 Å². The van der Waals surface area contributed by atoms with Crippen molar-refractivity contribution in [3.8, 4) is 17.2 Å². The largest absolute Gasteiger partial charge is 2.00 e. The summed E-state index contributed by atoms with van der Waals surface area (Å²) >= 11 is 0. The maximum absolute atomic E-state index is 17.1. The zero-order valence-corrected chi connectivity index (χ0v) is 34.6. The van der Waals surface area contributed by atoms with Crippen LogP contribution in [0.5, 0.6) is 11.5 Å². The first kappa shape index (κ1) is 35.5. The van der Waals surface area contributed by atoms with Crippen LogP contribution in [0.1, 0.15) is 17.3 Å². The van der Waals surface area contributed by atoms with Crippen LogP contribution in [0.2, 0.25) is 0 Å². The van der Waals surface area contributed by atoms with Gasteiger partial charge in [-0.1, -0.05) is 131 Å². The molecular weight excluding hydrogens is 927 g/mol. The normalized spacial score (nSPS) is 13.6. The number of hydrogen-bond acceptors (Lipinski definition) is 3. The average Bonchev–Trinajstić information content (AvgIpc) is 3.93. The Hall–Kier alpha value is -6.66. The molecule has 0 fully saturated rings. The van der Waals surface area contributed by atoms with Crippen molar-refractivity contribution in [3.63, 3.8) is 0 Å². The number of benzene rings is 7. The Morgan fingerprint density at radius 2 is 1.25 bits per heavy atom. The first-order chi connectivity index (χ1) is 28.7. The van der Waals surface area contributed by atoms with Gasteiger partial charge in [-0.15, -0.1) is 29.8 Å². The molecule has 1 aliphatic rings. The average molecular weight is 958 g/mol. The maximum atomic E-state index is 17.1. The SMILES string of the molecule is FC(c1[c-]c(-n2c3ncccc3c3ccc4c(c32)Oc2ccccc2[Si]4(c2ccccc2)c2ccccc2)ccc1)c1[c-]c2c(cc1)c1ccccc1n1ccnc21.[Pt+2]. The van der Waals surface area contributed by atoms with E-state index < -0.39 is 14.2 Å². The zero-order chi connectivity index (χ0) is 38.4. The quantitative estimate of drug-likeness (QED) is 0.0983.